The molecule has 1 rings (SSSR count). The molecule has 0 aromatic heterocycles. The Bertz CT molecular complexity index is 263. The Morgan fingerprint density at radius 3 is 2.48 bits per heavy atom. The molecule has 1 heterocycles. The maximum absolute atomic E-state index is 4.65. The van der Waals surface area contributed by atoms with E-state index in [1.807, 2.05) is 0 Å². The summed E-state index contributed by atoms with van der Waals surface area (Å²) in [7, 11) is 0. The number of guanidine groups is 1. The third-order valence-corrected chi connectivity index (χ3v) is 3.71. The van der Waals surface area contributed by atoms with Crippen LogP contribution in [0.3, 0.4) is 0 Å². The fraction of sp³-hybridized carbons (Fsp3) is 0.938. The average Bonchev–Trinajstić information content (AvgIpc) is 2.91. The van der Waals surface area contributed by atoms with E-state index in [1.54, 1.807) is 0 Å². The summed E-state index contributed by atoms with van der Waals surface area (Å²) in [6.45, 7) is 13.4. The molecular weight excluding hydrogens is 375 g/mol. The normalized spacial score (nSPS) is 16.1. The summed E-state index contributed by atoms with van der Waals surface area (Å²) in [6, 6.07) is 0. The maximum atomic E-state index is 4.65. The molecule has 4 nitrogen and oxygen atoms in total. The second kappa shape index (κ2) is 13.6. The summed E-state index contributed by atoms with van der Waals surface area (Å²) < 4.78 is 0. The zero-order valence-corrected chi connectivity index (χ0v) is 16.5. The summed E-state index contributed by atoms with van der Waals surface area (Å²) in [5.74, 6) is 1.72. The molecule has 0 radical (unpaired) electrons. The molecule has 0 bridgehead atoms. The van der Waals surface area contributed by atoms with Gasteiger partial charge in [-0.1, -0.05) is 13.8 Å². The predicted octanol–water partition coefficient (Wildman–Crippen LogP) is 3.08. The second-order valence-corrected chi connectivity index (χ2v) is 6.13. The van der Waals surface area contributed by atoms with Gasteiger partial charge in [-0.3, -0.25) is 4.99 Å². The van der Waals surface area contributed by atoms with E-state index in [2.05, 4.69) is 41.3 Å². The van der Waals surface area contributed by atoms with Crippen LogP contribution in [0.1, 0.15) is 52.9 Å². The molecule has 1 saturated heterocycles. The van der Waals surface area contributed by atoms with Crippen LogP contribution in [0.2, 0.25) is 0 Å². The van der Waals surface area contributed by atoms with Crippen molar-refractivity contribution in [3.8, 4) is 0 Å². The first-order valence-electron chi connectivity index (χ1n) is 8.47. The monoisotopic (exact) mass is 410 g/mol. The van der Waals surface area contributed by atoms with Gasteiger partial charge in [0.05, 0.1) is 0 Å². The van der Waals surface area contributed by atoms with Crippen molar-refractivity contribution in [3.05, 3.63) is 0 Å². The van der Waals surface area contributed by atoms with E-state index in [9.17, 15) is 0 Å². The lowest BCUT2D eigenvalue weighted by molar-refractivity contribution is 0.331. The van der Waals surface area contributed by atoms with Crippen molar-refractivity contribution in [1.82, 2.24) is 15.5 Å². The van der Waals surface area contributed by atoms with Gasteiger partial charge in [-0.05, 0) is 64.6 Å². The van der Waals surface area contributed by atoms with Gasteiger partial charge < -0.3 is 15.5 Å². The molecule has 0 unspecified atom stereocenters. The van der Waals surface area contributed by atoms with E-state index < -0.39 is 0 Å². The highest BCUT2D eigenvalue weighted by Gasteiger charge is 2.09. The summed E-state index contributed by atoms with van der Waals surface area (Å²) in [4.78, 5) is 7.23. The van der Waals surface area contributed by atoms with Crippen LogP contribution in [0.15, 0.2) is 4.99 Å². The Morgan fingerprint density at radius 1 is 1.14 bits per heavy atom. The fourth-order valence-electron chi connectivity index (χ4n) is 2.47. The van der Waals surface area contributed by atoms with Gasteiger partial charge in [0.1, 0.15) is 0 Å². The van der Waals surface area contributed by atoms with Crippen LogP contribution in [0.5, 0.6) is 0 Å². The number of aliphatic imine (C=N–C) groups is 1. The topological polar surface area (TPSA) is 39.7 Å². The number of hydrogen-bond donors (Lipinski definition) is 2. The standard InChI is InChI=1S/C16H34N4.HI/c1-4-17-16(19-11-9-15(2)3)18-10-5-6-12-20-13-7-8-14-20;/h15H,4-14H2,1-3H3,(H2,17,18,19);1H. The molecule has 0 amide bonds. The molecule has 21 heavy (non-hydrogen) atoms. The average molecular weight is 410 g/mol. The lowest BCUT2D eigenvalue weighted by Gasteiger charge is -2.14. The van der Waals surface area contributed by atoms with Gasteiger partial charge in [-0.25, -0.2) is 0 Å². The molecule has 2 N–H and O–H groups in total. The Hall–Kier alpha value is -0.0400. The van der Waals surface area contributed by atoms with Crippen molar-refractivity contribution in [2.45, 2.75) is 52.9 Å². The van der Waals surface area contributed by atoms with Crippen LogP contribution in [-0.4, -0.2) is 50.1 Å². The highest BCUT2D eigenvalue weighted by Crippen LogP contribution is 2.08. The van der Waals surface area contributed by atoms with Crippen LogP contribution in [0.4, 0.5) is 0 Å². The molecule has 1 aliphatic rings. The zero-order valence-electron chi connectivity index (χ0n) is 14.2. The number of hydrogen-bond acceptors (Lipinski definition) is 2. The van der Waals surface area contributed by atoms with Crippen molar-refractivity contribution in [2.24, 2.45) is 10.9 Å². The van der Waals surface area contributed by atoms with Gasteiger partial charge >= 0.3 is 0 Å². The Balaban J connectivity index is 0.00000400. The number of rotatable bonds is 9. The summed E-state index contributed by atoms with van der Waals surface area (Å²) in [5.41, 5.74) is 0. The van der Waals surface area contributed by atoms with Crippen LogP contribution >= 0.6 is 24.0 Å². The first kappa shape index (κ1) is 21.0. The molecule has 5 heteroatoms. The van der Waals surface area contributed by atoms with E-state index >= 15 is 0 Å². The van der Waals surface area contributed by atoms with Crippen LogP contribution in [0.25, 0.3) is 0 Å². The molecule has 0 atom stereocenters. The summed E-state index contributed by atoms with van der Waals surface area (Å²) >= 11 is 0. The van der Waals surface area contributed by atoms with Gasteiger partial charge in [-0.15, -0.1) is 24.0 Å². The molecule has 0 aliphatic carbocycles. The minimum Gasteiger partial charge on any atom is -0.357 e. The molecule has 1 aliphatic heterocycles. The number of likely N-dealkylation sites (tertiary alicyclic amines) is 1. The molecular formula is C16H35IN4. The zero-order chi connectivity index (χ0) is 14.6. The smallest absolute Gasteiger partial charge is 0.191 e. The van der Waals surface area contributed by atoms with Gasteiger partial charge in [-0.2, -0.15) is 0 Å². The predicted molar refractivity (Wildman–Crippen MR) is 104 cm³/mol. The van der Waals surface area contributed by atoms with Crippen molar-refractivity contribution in [3.63, 3.8) is 0 Å². The first-order chi connectivity index (χ1) is 9.72. The minimum absolute atomic E-state index is 0. The van der Waals surface area contributed by atoms with E-state index in [1.165, 1.54) is 51.7 Å². The molecule has 1 fully saturated rings. The van der Waals surface area contributed by atoms with Crippen LogP contribution < -0.4 is 10.6 Å². The molecule has 0 spiro atoms. The van der Waals surface area contributed by atoms with Gasteiger partial charge in [0.25, 0.3) is 0 Å². The SMILES string of the molecule is CCNC(=NCCCCN1CCCC1)NCCC(C)C.I. The summed E-state index contributed by atoms with van der Waals surface area (Å²) in [6.07, 6.45) is 6.44. The van der Waals surface area contributed by atoms with Gasteiger partial charge in [0.2, 0.25) is 0 Å². The van der Waals surface area contributed by atoms with Gasteiger partial charge in [0, 0.05) is 19.6 Å². The van der Waals surface area contributed by atoms with E-state index in [-0.39, 0.29) is 24.0 Å². The Labute approximate surface area is 148 Å². The van der Waals surface area contributed by atoms with Crippen molar-refractivity contribution in [1.29, 1.82) is 0 Å². The molecule has 0 saturated carbocycles. The number of unbranched alkanes of at least 4 members (excludes halogenated alkanes) is 1. The molecule has 0 aromatic carbocycles. The minimum atomic E-state index is 0. The maximum Gasteiger partial charge on any atom is 0.191 e. The molecule has 126 valence electrons. The van der Waals surface area contributed by atoms with E-state index in [0.29, 0.717) is 0 Å². The molecule has 0 aromatic rings. The number of nitrogens with one attached hydrogen (secondary N) is 2. The Morgan fingerprint density at radius 2 is 1.86 bits per heavy atom. The lowest BCUT2D eigenvalue weighted by Crippen LogP contribution is -2.38. The summed E-state index contributed by atoms with van der Waals surface area (Å²) in [5, 5.41) is 6.73. The van der Waals surface area contributed by atoms with E-state index in [4.69, 9.17) is 0 Å². The largest absolute Gasteiger partial charge is 0.357 e. The highest BCUT2D eigenvalue weighted by atomic mass is 127. The third-order valence-electron chi connectivity index (χ3n) is 3.71. The second-order valence-electron chi connectivity index (χ2n) is 6.13. The number of nitrogens with zero attached hydrogens (tertiary/aromatic N) is 2. The first-order valence-corrected chi connectivity index (χ1v) is 8.47. The van der Waals surface area contributed by atoms with Crippen LogP contribution in [-0.2, 0) is 0 Å². The van der Waals surface area contributed by atoms with Crippen molar-refractivity contribution >= 4 is 29.9 Å². The van der Waals surface area contributed by atoms with Crippen molar-refractivity contribution < 1.29 is 0 Å². The van der Waals surface area contributed by atoms with Crippen LogP contribution in [0, 0.1) is 5.92 Å². The fourth-order valence-corrected chi connectivity index (χ4v) is 2.47. The lowest BCUT2D eigenvalue weighted by atomic mass is 10.1. The van der Waals surface area contributed by atoms with Crippen molar-refractivity contribution in [2.75, 3.05) is 39.3 Å². The Kier molecular flexibility index (Phi) is 13.6. The highest BCUT2D eigenvalue weighted by molar-refractivity contribution is 14.0. The third kappa shape index (κ3) is 11.2. The van der Waals surface area contributed by atoms with E-state index in [0.717, 1.165) is 31.5 Å². The van der Waals surface area contributed by atoms with Gasteiger partial charge in [0.15, 0.2) is 5.96 Å². The number of halogens is 1. The quantitative estimate of drug-likeness (QED) is 0.266.